The van der Waals surface area contributed by atoms with Crippen LogP contribution in [0.2, 0.25) is 0 Å². The average Bonchev–Trinajstić information content (AvgIpc) is 2.38. The van der Waals surface area contributed by atoms with Crippen molar-refractivity contribution in [1.29, 1.82) is 0 Å². The third kappa shape index (κ3) is 3.05. The van der Waals surface area contributed by atoms with Crippen LogP contribution >= 0.6 is 0 Å². The molecular formula is C15H21N3. The van der Waals surface area contributed by atoms with Gasteiger partial charge >= 0.3 is 0 Å². The fourth-order valence-electron chi connectivity index (χ4n) is 2.39. The first kappa shape index (κ1) is 13.0. The fourth-order valence-corrected chi connectivity index (χ4v) is 2.39. The smallest absolute Gasteiger partial charge is 0.0890 e. The van der Waals surface area contributed by atoms with Crippen LogP contribution in [0, 0.1) is 5.92 Å². The number of rotatable bonds is 5. The second-order valence-electron chi connectivity index (χ2n) is 5.04. The van der Waals surface area contributed by atoms with E-state index >= 15 is 0 Å². The van der Waals surface area contributed by atoms with Crippen molar-refractivity contribution in [1.82, 2.24) is 9.97 Å². The monoisotopic (exact) mass is 243 g/mol. The van der Waals surface area contributed by atoms with Gasteiger partial charge < -0.3 is 5.73 Å². The van der Waals surface area contributed by atoms with Gasteiger partial charge in [-0.2, -0.15) is 0 Å². The van der Waals surface area contributed by atoms with Crippen LogP contribution in [-0.2, 0) is 0 Å². The molecule has 0 spiro atoms. The standard InChI is InChI=1S/C15H21N3/c1-3-4-11(2)9-13(16)12-5-6-14-15(10-12)18-8-7-17-14/h5-8,10-11,13H,3-4,9,16H2,1-2H3. The largest absolute Gasteiger partial charge is 0.324 e. The minimum Gasteiger partial charge on any atom is -0.324 e. The zero-order chi connectivity index (χ0) is 13.0. The Hall–Kier alpha value is -1.48. The first-order valence-corrected chi connectivity index (χ1v) is 6.67. The fraction of sp³-hybridized carbons (Fsp3) is 0.467. The predicted molar refractivity (Wildman–Crippen MR) is 75.2 cm³/mol. The van der Waals surface area contributed by atoms with Gasteiger partial charge in [0.25, 0.3) is 0 Å². The Morgan fingerprint density at radius 3 is 2.61 bits per heavy atom. The van der Waals surface area contributed by atoms with E-state index in [9.17, 15) is 0 Å². The first-order chi connectivity index (χ1) is 8.70. The van der Waals surface area contributed by atoms with E-state index in [2.05, 4.69) is 35.9 Å². The maximum absolute atomic E-state index is 6.27. The molecule has 0 radical (unpaired) electrons. The summed E-state index contributed by atoms with van der Waals surface area (Å²) < 4.78 is 0. The zero-order valence-corrected chi connectivity index (χ0v) is 11.1. The molecule has 2 rings (SSSR count). The van der Waals surface area contributed by atoms with Crippen molar-refractivity contribution in [2.24, 2.45) is 11.7 Å². The summed E-state index contributed by atoms with van der Waals surface area (Å²) in [5, 5.41) is 0. The lowest BCUT2D eigenvalue weighted by Crippen LogP contribution is -2.14. The predicted octanol–water partition coefficient (Wildman–Crippen LogP) is 3.46. The second kappa shape index (κ2) is 5.91. The van der Waals surface area contributed by atoms with Crippen molar-refractivity contribution < 1.29 is 0 Å². The molecule has 0 saturated carbocycles. The van der Waals surface area contributed by atoms with Crippen LogP contribution in [0.1, 0.15) is 44.7 Å². The first-order valence-electron chi connectivity index (χ1n) is 6.67. The molecule has 0 aliphatic carbocycles. The van der Waals surface area contributed by atoms with Crippen molar-refractivity contribution in [3.8, 4) is 0 Å². The van der Waals surface area contributed by atoms with E-state index < -0.39 is 0 Å². The Kier molecular flexibility index (Phi) is 4.26. The molecule has 96 valence electrons. The Labute approximate surface area is 108 Å². The number of benzene rings is 1. The van der Waals surface area contributed by atoms with Crippen molar-refractivity contribution in [3.05, 3.63) is 36.2 Å². The molecule has 0 aliphatic heterocycles. The van der Waals surface area contributed by atoms with Crippen LogP contribution in [0.5, 0.6) is 0 Å². The van der Waals surface area contributed by atoms with Crippen molar-refractivity contribution in [3.63, 3.8) is 0 Å². The molecule has 2 unspecified atom stereocenters. The molecule has 1 aromatic carbocycles. The summed E-state index contributed by atoms with van der Waals surface area (Å²) in [6.45, 7) is 4.48. The summed E-state index contributed by atoms with van der Waals surface area (Å²) in [5.41, 5.74) is 9.28. The van der Waals surface area contributed by atoms with E-state index in [1.165, 1.54) is 12.8 Å². The maximum atomic E-state index is 6.27. The normalized spacial score (nSPS) is 14.6. The van der Waals surface area contributed by atoms with Gasteiger partial charge in [0, 0.05) is 18.4 Å². The third-order valence-corrected chi connectivity index (χ3v) is 3.36. The molecule has 0 saturated heterocycles. The Bertz CT molecular complexity index is 510. The Morgan fingerprint density at radius 1 is 1.17 bits per heavy atom. The number of aromatic nitrogens is 2. The summed E-state index contributed by atoms with van der Waals surface area (Å²) in [5.74, 6) is 0.669. The number of hydrogen-bond donors (Lipinski definition) is 1. The van der Waals surface area contributed by atoms with Crippen LogP contribution in [0.4, 0.5) is 0 Å². The number of fused-ring (bicyclic) bond motifs is 1. The van der Waals surface area contributed by atoms with Gasteiger partial charge in [-0.3, -0.25) is 9.97 Å². The molecular weight excluding hydrogens is 222 g/mol. The highest BCUT2D eigenvalue weighted by Crippen LogP contribution is 2.23. The Balaban J connectivity index is 2.15. The molecule has 0 aliphatic rings. The highest BCUT2D eigenvalue weighted by atomic mass is 14.8. The lowest BCUT2D eigenvalue weighted by atomic mass is 9.93. The second-order valence-corrected chi connectivity index (χ2v) is 5.04. The van der Waals surface area contributed by atoms with Crippen molar-refractivity contribution in [2.75, 3.05) is 0 Å². The third-order valence-electron chi connectivity index (χ3n) is 3.36. The van der Waals surface area contributed by atoms with Gasteiger partial charge in [0.1, 0.15) is 0 Å². The SMILES string of the molecule is CCCC(C)CC(N)c1ccc2nccnc2c1. The summed E-state index contributed by atoms with van der Waals surface area (Å²) in [6, 6.07) is 6.23. The molecule has 2 N–H and O–H groups in total. The van der Waals surface area contributed by atoms with Crippen LogP contribution in [-0.4, -0.2) is 9.97 Å². The van der Waals surface area contributed by atoms with Gasteiger partial charge in [0.15, 0.2) is 0 Å². The van der Waals surface area contributed by atoms with E-state index in [4.69, 9.17) is 5.73 Å². The number of nitrogens with zero attached hydrogens (tertiary/aromatic N) is 2. The summed E-state index contributed by atoms with van der Waals surface area (Å²) in [7, 11) is 0. The summed E-state index contributed by atoms with van der Waals surface area (Å²) in [4.78, 5) is 8.59. The molecule has 1 aromatic heterocycles. The van der Waals surface area contributed by atoms with Crippen molar-refractivity contribution in [2.45, 2.75) is 39.2 Å². The van der Waals surface area contributed by atoms with E-state index in [0.717, 1.165) is 23.0 Å². The lowest BCUT2D eigenvalue weighted by molar-refractivity contribution is 0.440. The average molecular weight is 243 g/mol. The van der Waals surface area contributed by atoms with Gasteiger partial charge in [-0.25, -0.2) is 0 Å². The molecule has 3 nitrogen and oxygen atoms in total. The Morgan fingerprint density at radius 2 is 1.89 bits per heavy atom. The van der Waals surface area contributed by atoms with E-state index in [0.29, 0.717) is 5.92 Å². The molecule has 2 atom stereocenters. The summed E-state index contributed by atoms with van der Waals surface area (Å²) in [6.07, 6.45) is 6.92. The number of hydrogen-bond acceptors (Lipinski definition) is 3. The molecule has 0 amide bonds. The van der Waals surface area contributed by atoms with E-state index in [1.807, 2.05) is 6.07 Å². The van der Waals surface area contributed by atoms with E-state index in [1.54, 1.807) is 12.4 Å². The molecule has 3 heteroatoms. The lowest BCUT2D eigenvalue weighted by Gasteiger charge is -2.17. The number of nitrogens with two attached hydrogens (primary N) is 1. The van der Waals surface area contributed by atoms with Crippen LogP contribution in [0.15, 0.2) is 30.6 Å². The minimum absolute atomic E-state index is 0.0953. The minimum atomic E-state index is 0.0953. The van der Waals surface area contributed by atoms with Crippen molar-refractivity contribution >= 4 is 11.0 Å². The summed E-state index contributed by atoms with van der Waals surface area (Å²) >= 11 is 0. The molecule has 18 heavy (non-hydrogen) atoms. The topological polar surface area (TPSA) is 51.8 Å². The maximum Gasteiger partial charge on any atom is 0.0890 e. The van der Waals surface area contributed by atoms with Crippen LogP contribution in [0.3, 0.4) is 0 Å². The quantitative estimate of drug-likeness (QED) is 0.875. The molecule has 0 fully saturated rings. The zero-order valence-electron chi connectivity index (χ0n) is 11.1. The molecule has 1 heterocycles. The molecule has 0 bridgehead atoms. The molecule has 2 aromatic rings. The van der Waals surface area contributed by atoms with Gasteiger partial charge in [-0.05, 0) is 30.0 Å². The van der Waals surface area contributed by atoms with Gasteiger partial charge in [-0.1, -0.05) is 32.8 Å². The highest BCUT2D eigenvalue weighted by molar-refractivity contribution is 5.74. The van der Waals surface area contributed by atoms with Crippen LogP contribution < -0.4 is 5.73 Å². The van der Waals surface area contributed by atoms with Gasteiger partial charge in [0.2, 0.25) is 0 Å². The highest BCUT2D eigenvalue weighted by Gasteiger charge is 2.11. The van der Waals surface area contributed by atoms with Gasteiger partial charge in [0.05, 0.1) is 11.0 Å². The van der Waals surface area contributed by atoms with Crippen LogP contribution in [0.25, 0.3) is 11.0 Å². The van der Waals surface area contributed by atoms with E-state index in [-0.39, 0.29) is 6.04 Å². The van der Waals surface area contributed by atoms with Gasteiger partial charge in [-0.15, -0.1) is 0 Å².